The summed E-state index contributed by atoms with van der Waals surface area (Å²) in [4.78, 5) is 12.9. The third-order valence-electron chi connectivity index (χ3n) is 5.74. The van der Waals surface area contributed by atoms with Crippen molar-refractivity contribution >= 4 is 22.3 Å². The van der Waals surface area contributed by atoms with E-state index >= 15 is 0 Å². The highest BCUT2D eigenvalue weighted by atomic mass is 32.2. The molecule has 34 heavy (non-hydrogen) atoms. The average molecular weight is 504 g/mol. The third kappa shape index (κ3) is 6.06. The molecule has 186 valence electrons. The van der Waals surface area contributed by atoms with Crippen molar-refractivity contribution in [2.75, 3.05) is 42.3 Å². The smallest absolute Gasteiger partial charge is 0.255 e. The molecule has 1 N–H and O–H groups in total. The fourth-order valence-corrected chi connectivity index (χ4v) is 4.68. The first-order valence-electron chi connectivity index (χ1n) is 10.9. The number of fused-ring (bicyclic) bond motifs is 1. The number of piperidine rings is 1. The number of rotatable bonds is 8. The van der Waals surface area contributed by atoms with E-state index in [0.29, 0.717) is 62.6 Å². The maximum Gasteiger partial charge on any atom is 0.255 e. The van der Waals surface area contributed by atoms with Crippen LogP contribution in [0.25, 0.3) is 0 Å². The van der Waals surface area contributed by atoms with Gasteiger partial charge in [0.2, 0.25) is 0 Å². The van der Waals surface area contributed by atoms with Crippen molar-refractivity contribution in [3.8, 4) is 5.75 Å². The monoisotopic (exact) mass is 503 g/mol. The normalized spacial score (nSPS) is 17.3. The number of aromatic nitrogens is 2. The molecular formula is C21H25F4N5O3S. The molecule has 0 saturated carbocycles. The summed E-state index contributed by atoms with van der Waals surface area (Å²) < 4.78 is 80.7. The number of ether oxygens (including phenoxy) is 1. The number of hydrogen-bond donors (Lipinski definition) is 2. The van der Waals surface area contributed by atoms with Crippen LogP contribution in [0.1, 0.15) is 24.2 Å². The van der Waals surface area contributed by atoms with E-state index < -0.39 is 35.3 Å². The van der Waals surface area contributed by atoms with Gasteiger partial charge in [-0.1, -0.05) is 0 Å². The van der Waals surface area contributed by atoms with E-state index in [0.717, 1.165) is 12.1 Å². The van der Waals surface area contributed by atoms with E-state index in [2.05, 4.69) is 15.3 Å². The molecule has 3 heterocycles. The van der Waals surface area contributed by atoms with Gasteiger partial charge in [-0.2, -0.15) is 0 Å². The Morgan fingerprint density at radius 2 is 1.88 bits per heavy atom. The number of alkyl halides is 2. The first-order valence-corrected chi connectivity index (χ1v) is 12.3. The predicted molar refractivity (Wildman–Crippen MR) is 118 cm³/mol. The summed E-state index contributed by atoms with van der Waals surface area (Å²) in [5.41, 5.74) is 1.27. The molecule has 1 aromatic carbocycles. The Bertz CT molecular complexity index is 1090. The number of nitrogens with one attached hydrogen (secondary N) is 1. The van der Waals surface area contributed by atoms with Crippen molar-refractivity contribution < 1.29 is 30.7 Å². The van der Waals surface area contributed by atoms with E-state index in [-0.39, 0.29) is 23.5 Å². The van der Waals surface area contributed by atoms with Gasteiger partial charge in [0.1, 0.15) is 11.9 Å². The van der Waals surface area contributed by atoms with E-state index in [9.17, 15) is 26.0 Å². The lowest BCUT2D eigenvalue weighted by Gasteiger charge is -2.35. The Labute approximate surface area is 195 Å². The number of thiol groups is 1. The van der Waals surface area contributed by atoms with Gasteiger partial charge in [0, 0.05) is 51.5 Å². The first-order chi connectivity index (χ1) is 16.3. The highest BCUT2D eigenvalue weighted by Gasteiger charge is 2.28. The van der Waals surface area contributed by atoms with Crippen LogP contribution in [0.2, 0.25) is 0 Å². The summed E-state index contributed by atoms with van der Waals surface area (Å²) in [7, 11) is -2.57. The van der Waals surface area contributed by atoms with E-state index in [1.165, 1.54) is 6.07 Å². The summed E-state index contributed by atoms with van der Waals surface area (Å²) in [6.45, 7) is 1.13. The van der Waals surface area contributed by atoms with Crippen LogP contribution < -0.4 is 15.0 Å². The molecule has 0 spiro atoms. The van der Waals surface area contributed by atoms with Crippen LogP contribution in [0, 0.1) is 11.6 Å². The number of hydrogen-bond acceptors (Lipinski definition) is 8. The number of anilines is 2. The van der Waals surface area contributed by atoms with Crippen molar-refractivity contribution in [3.63, 3.8) is 0 Å². The molecule has 2 aromatic rings. The van der Waals surface area contributed by atoms with E-state index in [1.54, 1.807) is 4.90 Å². The zero-order valence-electron chi connectivity index (χ0n) is 18.2. The number of benzene rings is 1. The van der Waals surface area contributed by atoms with Gasteiger partial charge < -0.3 is 15.0 Å². The topological polar surface area (TPSA) is 87.7 Å². The van der Waals surface area contributed by atoms with Gasteiger partial charge in [0.25, 0.3) is 6.43 Å². The van der Waals surface area contributed by atoms with Crippen molar-refractivity contribution in [1.29, 1.82) is 0 Å². The van der Waals surface area contributed by atoms with Crippen LogP contribution in [0.15, 0.2) is 18.2 Å². The lowest BCUT2D eigenvalue weighted by molar-refractivity contribution is 0.162. The SMILES string of the molecule is O=[SH](=O)CN1CCc2nc(NCC(F)F)c(N3CCC(Oc4ccc(F)cc4F)CC3)nc2C1. The standard InChI is InChI=1S/C21H25F4N5O3S/c22-13-1-2-18(15(23)9-13)33-14-3-7-30(8-4-14)21-20(26-10-19(24)25)27-16-5-6-29(12-34(31)32)11-17(16)28-21/h1-2,9,14,19,34H,3-8,10-12H2,(H,26,27). The van der Waals surface area contributed by atoms with Gasteiger partial charge in [0.15, 0.2) is 33.9 Å². The maximum absolute atomic E-state index is 13.9. The fraction of sp³-hybridized carbons (Fsp3) is 0.524. The molecule has 0 aliphatic carbocycles. The van der Waals surface area contributed by atoms with Gasteiger partial charge in [-0.05, 0) is 12.1 Å². The Morgan fingerprint density at radius 1 is 1.12 bits per heavy atom. The molecule has 4 rings (SSSR count). The molecule has 1 saturated heterocycles. The average Bonchev–Trinajstić information content (AvgIpc) is 2.79. The van der Waals surface area contributed by atoms with Crippen LogP contribution in [-0.2, 0) is 23.7 Å². The zero-order valence-corrected chi connectivity index (χ0v) is 19.1. The minimum absolute atomic E-state index is 0.0236. The second kappa shape index (κ2) is 10.7. The number of halogens is 4. The Balaban J connectivity index is 1.49. The lowest BCUT2D eigenvalue weighted by atomic mass is 10.1. The summed E-state index contributed by atoms with van der Waals surface area (Å²) in [5.74, 6) is -0.893. The van der Waals surface area contributed by atoms with Gasteiger partial charge in [-0.25, -0.2) is 35.9 Å². The van der Waals surface area contributed by atoms with Crippen LogP contribution >= 0.6 is 0 Å². The second-order valence-electron chi connectivity index (χ2n) is 8.22. The van der Waals surface area contributed by atoms with Gasteiger partial charge in [-0.3, -0.25) is 4.90 Å². The molecule has 2 aliphatic heterocycles. The molecule has 0 bridgehead atoms. The first kappa shape index (κ1) is 24.5. The minimum Gasteiger partial charge on any atom is -0.487 e. The highest BCUT2D eigenvalue weighted by molar-refractivity contribution is 7.72. The lowest BCUT2D eigenvalue weighted by Crippen LogP contribution is -2.40. The molecule has 0 unspecified atom stereocenters. The molecule has 8 nitrogen and oxygen atoms in total. The second-order valence-corrected chi connectivity index (χ2v) is 9.17. The third-order valence-corrected chi connectivity index (χ3v) is 6.37. The number of nitrogens with zero attached hydrogens (tertiary/aromatic N) is 4. The largest absolute Gasteiger partial charge is 0.487 e. The predicted octanol–water partition coefficient (Wildman–Crippen LogP) is 2.41. The van der Waals surface area contributed by atoms with E-state index in [4.69, 9.17) is 4.74 Å². The summed E-state index contributed by atoms with van der Waals surface area (Å²) in [6.07, 6.45) is -1.39. The molecule has 0 amide bonds. The minimum atomic E-state index is -2.57. The summed E-state index contributed by atoms with van der Waals surface area (Å²) in [5, 5.41) is 2.68. The molecule has 0 atom stereocenters. The molecule has 13 heteroatoms. The Kier molecular flexibility index (Phi) is 7.71. The summed E-state index contributed by atoms with van der Waals surface area (Å²) in [6, 6.07) is 3.14. The van der Waals surface area contributed by atoms with E-state index in [1.807, 2.05) is 4.90 Å². The van der Waals surface area contributed by atoms with Gasteiger partial charge in [0.05, 0.1) is 23.8 Å². The Hall–Kier alpha value is -2.67. The Morgan fingerprint density at radius 3 is 2.56 bits per heavy atom. The summed E-state index contributed by atoms with van der Waals surface area (Å²) >= 11 is 0. The zero-order chi connectivity index (χ0) is 24.2. The van der Waals surface area contributed by atoms with Crippen molar-refractivity contribution in [1.82, 2.24) is 14.9 Å². The highest BCUT2D eigenvalue weighted by Crippen LogP contribution is 2.30. The van der Waals surface area contributed by atoms with Crippen molar-refractivity contribution in [3.05, 3.63) is 41.2 Å². The van der Waals surface area contributed by atoms with Crippen molar-refractivity contribution in [2.45, 2.75) is 38.3 Å². The molecule has 0 radical (unpaired) electrons. The quantitative estimate of drug-likeness (QED) is 0.420. The fourth-order valence-electron chi connectivity index (χ4n) is 4.11. The van der Waals surface area contributed by atoms with Gasteiger partial charge >= 0.3 is 0 Å². The molecule has 1 aromatic heterocycles. The van der Waals surface area contributed by atoms with Crippen LogP contribution in [0.3, 0.4) is 0 Å². The molecular weight excluding hydrogens is 478 g/mol. The molecule has 1 fully saturated rings. The van der Waals surface area contributed by atoms with Crippen LogP contribution in [0.5, 0.6) is 5.75 Å². The van der Waals surface area contributed by atoms with Crippen molar-refractivity contribution in [2.24, 2.45) is 0 Å². The van der Waals surface area contributed by atoms with Crippen LogP contribution in [-0.4, -0.2) is 67.9 Å². The maximum atomic E-state index is 13.9. The van der Waals surface area contributed by atoms with Gasteiger partial charge in [-0.15, -0.1) is 0 Å². The molecule has 2 aliphatic rings. The van der Waals surface area contributed by atoms with Crippen LogP contribution in [0.4, 0.5) is 29.2 Å².